The summed E-state index contributed by atoms with van der Waals surface area (Å²) < 4.78 is 11.6. The van der Waals surface area contributed by atoms with Crippen molar-refractivity contribution in [2.24, 2.45) is 0 Å². The molecular formula is C17H27BrN2O3. The number of likely N-dealkylation sites (N-methyl/N-ethyl adjacent to an activating group) is 2. The van der Waals surface area contributed by atoms with Crippen LogP contribution in [0.4, 0.5) is 4.79 Å². The molecule has 0 aliphatic rings. The molecule has 0 bridgehead atoms. The van der Waals surface area contributed by atoms with Crippen molar-refractivity contribution in [3.05, 3.63) is 28.2 Å². The predicted octanol–water partition coefficient (Wildman–Crippen LogP) is 3.76. The van der Waals surface area contributed by atoms with E-state index in [0.29, 0.717) is 6.54 Å². The molecule has 6 heteroatoms. The van der Waals surface area contributed by atoms with E-state index in [4.69, 9.17) is 9.47 Å². The van der Waals surface area contributed by atoms with Crippen molar-refractivity contribution in [1.82, 2.24) is 9.80 Å². The zero-order chi connectivity index (χ0) is 17.6. The van der Waals surface area contributed by atoms with Gasteiger partial charge in [0.25, 0.3) is 0 Å². The summed E-state index contributed by atoms with van der Waals surface area (Å²) in [6.07, 6.45) is -0.295. The quantitative estimate of drug-likeness (QED) is 0.746. The summed E-state index contributed by atoms with van der Waals surface area (Å²) in [7, 11) is 5.44. The first-order chi connectivity index (χ1) is 10.6. The normalized spacial score (nSPS) is 11.5. The van der Waals surface area contributed by atoms with Crippen LogP contribution >= 0.6 is 15.9 Å². The molecule has 1 aromatic carbocycles. The molecule has 0 saturated carbocycles. The zero-order valence-corrected chi connectivity index (χ0v) is 16.4. The van der Waals surface area contributed by atoms with Gasteiger partial charge in [-0.2, -0.15) is 0 Å². The number of benzene rings is 1. The SMILES string of the molecule is COc1ccc(CN(C)CCN(C)C(=O)OC(C)(C)C)c(Br)c1. The molecule has 1 rings (SSSR count). The Kier molecular flexibility index (Phi) is 7.35. The van der Waals surface area contributed by atoms with Gasteiger partial charge in [-0.1, -0.05) is 22.0 Å². The maximum absolute atomic E-state index is 11.9. The Morgan fingerprint density at radius 2 is 1.87 bits per heavy atom. The average molecular weight is 387 g/mol. The van der Waals surface area contributed by atoms with Gasteiger partial charge in [0.2, 0.25) is 0 Å². The van der Waals surface area contributed by atoms with Crippen LogP contribution in [0.2, 0.25) is 0 Å². The van der Waals surface area contributed by atoms with Crippen LogP contribution in [-0.4, -0.2) is 55.8 Å². The van der Waals surface area contributed by atoms with E-state index in [-0.39, 0.29) is 6.09 Å². The molecule has 0 aliphatic carbocycles. The molecule has 23 heavy (non-hydrogen) atoms. The second-order valence-corrected chi connectivity index (χ2v) is 7.45. The van der Waals surface area contributed by atoms with Gasteiger partial charge in [-0.25, -0.2) is 4.79 Å². The number of carbonyl (C=O) groups is 1. The molecule has 0 aliphatic heterocycles. The van der Waals surface area contributed by atoms with Crippen molar-refractivity contribution in [3.63, 3.8) is 0 Å². The van der Waals surface area contributed by atoms with E-state index < -0.39 is 5.60 Å². The highest BCUT2D eigenvalue weighted by Gasteiger charge is 2.19. The van der Waals surface area contributed by atoms with Gasteiger partial charge in [-0.3, -0.25) is 0 Å². The lowest BCUT2D eigenvalue weighted by molar-refractivity contribution is 0.0286. The Labute approximate surface area is 147 Å². The first kappa shape index (κ1) is 19.8. The summed E-state index contributed by atoms with van der Waals surface area (Å²) in [5.41, 5.74) is 0.707. The van der Waals surface area contributed by atoms with Crippen LogP contribution in [0.1, 0.15) is 26.3 Å². The maximum atomic E-state index is 11.9. The van der Waals surface area contributed by atoms with Gasteiger partial charge in [0, 0.05) is 31.2 Å². The van der Waals surface area contributed by atoms with Gasteiger partial charge in [0.1, 0.15) is 11.4 Å². The molecule has 0 saturated heterocycles. The lowest BCUT2D eigenvalue weighted by atomic mass is 10.2. The molecule has 0 N–H and O–H groups in total. The molecule has 0 atom stereocenters. The number of methoxy groups -OCH3 is 1. The predicted molar refractivity (Wildman–Crippen MR) is 95.9 cm³/mol. The van der Waals surface area contributed by atoms with E-state index in [9.17, 15) is 4.79 Å². The van der Waals surface area contributed by atoms with E-state index in [0.717, 1.165) is 23.3 Å². The van der Waals surface area contributed by atoms with Crippen LogP contribution < -0.4 is 4.74 Å². The molecule has 1 amide bonds. The molecule has 0 radical (unpaired) electrons. The minimum Gasteiger partial charge on any atom is -0.497 e. The summed E-state index contributed by atoms with van der Waals surface area (Å²) in [5, 5.41) is 0. The standard InChI is InChI=1S/C17H27BrN2O3/c1-17(2,3)23-16(21)20(5)10-9-19(4)12-13-7-8-14(22-6)11-15(13)18/h7-8,11H,9-10,12H2,1-6H3. The van der Waals surface area contributed by atoms with Crippen LogP contribution in [0.3, 0.4) is 0 Å². The minimum absolute atomic E-state index is 0.295. The molecule has 0 fully saturated rings. The minimum atomic E-state index is -0.467. The molecule has 0 aromatic heterocycles. The molecule has 1 aromatic rings. The van der Waals surface area contributed by atoms with Crippen molar-refractivity contribution in [1.29, 1.82) is 0 Å². The first-order valence-corrected chi connectivity index (χ1v) is 8.37. The van der Waals surface area contributed by atoms with Crippen LogP contribution in [0.15, 0.2) is 22.7 Å². The third-order valence-electron chi connectivity index (χ3n) is 3.22. The molecular weight excluding hydrogens is 360 g/mol. The largest absolute Gasteiger partial charge is 0.497 e. The van der Waals surface area contributed by atoms with E-state index >= 15 is 0 Å². The topological polar surface area (TPSA) is 42.0 Å². The smallest absolute Gasteiger partial charge is 0.410 e. The Morgan fingerprint density at radius 1 is 1.22 bits per heavy atom. The molecule has 130 valence electrons. The average Bonchev–Trinajstić information content (AvgIpc) is 2.45. The monoisotopic (exact) mass is 386 g/mol. The summed E-state index contributed by atoms with van der Waals surface area (Å²) in [6, 6.07) is 5.94. The highest BCUT2D eigenvalue weighted by molar-refractivity contribution is 9.10. The lowest BCUT2D eigenvalue weighted by Crippen LogP contribution is -2.38. The van der Waals surface area contributed by atoms with E-state index in [1.165, 1.54) is 5.56 Å². The number of amides is 1. The number of carbonyl (C=O) groups excluding carboxylic acids is 1. The van der Waals surface area contributed by atoms with E-state index in [1.807, 2.05) is 46.0 Å². The van der Waals surface area contributed by atoms with Gasteiger partial charge < -0.3 is 19.3 Å². The number of rotatable bonds is 6. The number of halogens is 1. The fraction of sp³-hybridized carbons (Fsp3) is 0.588. The second-order valence-electron chi connectivity index (χ2n) is 6.60. The third kappa shape index (κ3) is 7.22. The van der Waals surface area contributed by atoms with Crippen LogP contribution in [0.5, 0.6) is 5.75 Å². The second kappa shape index (κ2) is 8.55. The van der Waals surface area contributed by atoms with Gasteiger partial charge in [0.05, 0.1) is 7.11 Å². The van der Waals surface area contributed by atoms with E-state index in [2.05, 4.69) is 20.8 Å². The number of hydrogen-bond donors (Lipinski definition) is 0. The van der Waals surface area contributed by atoms with Crippen LogP contribution in [-0.2, 0) is 11.3 Å². The Bertz CT molecular complexity index is 529. The summed E-state index contributed by atoms with van der Waals surface area (Å²) in [4.78, 5) is 15.7. The van der Waals surface area contributed by atoms with Gasteiger partial charge in [0.15, 0.2) is 0 Å². The number of ether oxygens (including phenoxy) is 2. The Balaban J connectivity index is 2.48. The van der Waals surface area contributed by atoms with Crippen molar-refractivity contribution >= 4 is 22.0 Å². The van der Waals surface area contributed by atoms with Crippen LogP contribution in [0, 0.1) is 0 Å². The molecule has 0 heterocycles. The van der Waals surface area contributed by atoms with Crippen molar-refractivity contribution in [2.45, 2.75) is 32.9 Å². The fourth-order valence-electron chi connectivity index (χ4n) is 1.90. The van der Waals surface area contributed by atoms with Gasteiger partial charge in [-0.05, 0) is 45.5 Å². The Hall–Kier alpha value is -1.27. The molecule has 0 spiro atoms. The highest BCUT2D eigenvalue weighted by Crippen LogP contribution is 2.23. The number of hydrogen-bond acceptors (Lipinski definition) is 4. The maximum Gasteiger partial charge on any atom is 0.410 e. The van der Waals surface area contributed by atoms with E-state index in [1.54, 1.807) is 19.1 Å². The summed E-state index contributed by atoms with van der Waals surface area (Å²) >= 11 is 3.56. The summed E-state index contributed by atoms with van der Waals surface area (Å²) in [5.74, 6) is 0.827. The summed E-state index contributed by atoms with van der Waals surface area (Å²) in [6.45, 7) is 7.75. The molecule has 5 nitrogen and oxygen atoms in total. The fourth-order valence-corrected chi connectivity index (χ4v) is 2.39. The highest BCUT2D eigenvalue weighted by atomic mass is 79.9. The lowest BCUT2D eigenvalue weighted by Gasteiger charge is -2.26. The van der Waals surface area contributed by atoms with Crippen molar-refractivity contribution in [2.75, 3.05) is 34.3 Å². The Morgan fingerprint density at radius 3 is 2.39 bits per heavy atom. The van der Waals surface area contributed by atoms with Gasteiger partial charge >= 0.3 is 6.09 Å². The van der Waals surface area contributed by atoms with Crippen molar-refractivity contribution in [3.8, 4) is 5.75 Å². The molecule has 0 unspecified atom stereocenters. The van der Waals surface area contributed by atoms with Crippen LogP contribution in [0.25, 0.3) is 0 Å². The third-order valence-corrected chi connectivity index (χ3v) is 3.96. The number of nitrogens with zero attached hydrogens (tertiary/aromatic N) is 2. The zero-order valence-electron chi connectivity index (χ0n) is 14.9. The van der Waals surface area contributed by atoms with Gasteiger partial charge in [-0.15, -0.1) is 0 Å². The first-order valence-electron chi connectivity index (χ1n) is 7.57. The van der Waals surface area contributed by atoms with Crippen molar-refractivity contribution < 1.29 is 14.3 Å².